The van der Waals surface area contributed by atoms with E-state index in [1.165, 1.54) is 11.2 Å². The number of carbonyl (C=O) groups excluding carboxylic acids is 2. The third kappa shape index (κ3) is 2.83. The van der Waals surface area contributed by atoms with Crippen molar-refractivity contribution in [2.24, 2.45) is 0 Å². The van der Waals surface area contributed by atoms with Crippen LogP contribution in [0.5, 0.6) is 0 Å². The topological polar surface area (TPSA) is 74.0 Å². The molecule has 2 heterocycles. The van der Waals surface area contributed by atoms with Crippen LogP contribution in [-0.2, 0) is 16.1 Å². The molecule has 3 rings (SSSR count). The summed E-state index contributed by atoms with van der Waals surface area (Å²) in [4.78, 5) is 28.5. The lowest BCUT2D eigenvalue weighted by atomic mass is 10.0. The zero-order valence-corrected chi connectivity index (χ0v) is 13.3. The van der Waals surface area contributed by atoms with Crippen LogP contribution < -0.4 is 0 Å². The quantitative estimate of drug-likeness (QED) is 0.814. The zero-order chi connectivity index (χ0) is 17.1. The highest BCUT2D eigenvalue weighted by atomic mass is 16.3. The minimum absolute atomic E-state index is 0.0808. The Morgan fingerprint density at radius 1 is 1.08 bits per heavy atom. The van der Waals surface area contributed by atoms with Gasteiger partial charge in [0.1, 0.15) is 11.5 Å². The van der Waals surface area contributed by atoms with E-state index in [1.54, 1.807) is 36.2 Å². The first-order valence-corrected chi connectivity index (χ1v) is 7.63. The predicted octanol–water partition coefficient (Wildman–Crippen LogP) is 1.48. The second-order valence-electron chi connectivity index (χ2n) is 5.51. The molecule has 6 nitrogen and oxygen atoms in total. The van der Waals surface area contributed by atoms with Gasteiger partial charge in [0.25, 0.3) is 11.8 Å². The van der Waals surface area contributed by atoms with E-state index in [-0.39, 0.29) is 31.5 Å². The molecule has 0 saturated heterocycles. The summed E-state index contributed by atoms with van der Waals surface area (Å²) in [5, 5.41) is 9.19. The van der Waals surface area contributed by atoms with Crippen molar-refractivity contribution in [3.8, 4) is 0 Å². The summed E-state index contributed by atoms with van der Waals surface area (Å²) in [6.45, 7) is 0.235. The number of amides is 2. The van der Waals surface area contributed by atoms with E-state index < -0.39 is 0 Å². The maximum atomic E-state index is 12.9. The number of nitrogens with zero attached hydrogens (tertiary/aromatic N) is 2. The van der Waals surface area contributed by atoms with Crippen LogP contribution in [0.4, 0.5) is 0 Å². The second-order valence-corrected chi connectivity index (χ2v) is 5.51. The van der Waals surface area contributed by atoms with Crippen LogP contribution in [0.15, 0.2) is 58.8 Å². The van der Waals surface area contributed by atoms with Crippen molar-refractivity contribution in [1.29, 1.82) is 0 Å². The number of furan rings is 1. The average Bonchev–Trinajstić information content (AvgIpc) is 3.18. The molecule has 2 aromatic rings. The van der Waals surface area contributed by atoms with Gasteiger partial charge >= 0.3 is 0 Å². The summed E-state index contributed by atoms with van der Waals surface area (Å²) in [5.41, 5.74) is 1.33. The first-order valence-electron chi connectivity index (χ1n) is 7.63. The van der Waals surface area contributed by atoms with E-state index in [2.05, 4.69) is 0 Å². The van der Waals surface area contributed by atoms with Gasteiger partial charge in [0.15, 0.2) is 0 Å². The SMILES string of the molecule is CN(CCO)C1=C(c2ccccc2)C(=O)N(Cc2ccco2)C1=O. The summed E-state index contributed by atoms with van der Waals surface area (Å²) in [5.74, 6) is -0.205. The molecular formula is C18H18N2O4. The molecule has 0 bridgehead atoms. The van der Waals surface area contributed by atoms with Crippen molar-refractivity contribution < 1.29 is 19.1 Å². The van der Waals surface area contributed by atoms with Gasteiger partial charge < -0.3 is 14.4 Å². The van der Waals surface area contributed by atoms with Crippen LogP contribution in [0.2, 0.25) is 0 Å². The molecule has 0 atom stereocenters. The number of aliphatic hydroxyl groups is 1. The molecule has 0 unspecified atom stereocenters. The number of likely N-dealkylation sites (N-methyl/N-ethyl adjacent to an activating group) is 1. The molecule has 124 valence electrons. The Kier molecular flexibility index (Phi) is 4.48. The van der Waals surface area contributed by atoms with Gasteiger partial charge in [-0.25, -0.2) is 0 Å². The van der Waals surface area contributed by atoms with Crippen LogP contribution in [0.3, 0.4) is 0 Å². The third-order valence-corrected chi connectivity index (χ3v) is 3.92. The highest BCUT2D eigenvalue weighted by molar-refractivity contribution is 6.35. The highest BCUT2D eigenvalue weighted by Crippen LogP contribution is 2.31. The van der Waals surface area contributed by atoms with Crippen LogP contribution in [0.25, 0.3) is 5.57 Å². The summed E-state index contributed by atoms with van der Waals surface area (Å²) in [6.07, 6.45) is 1.50. The Bertz CT molecular complexity index is 766. The van der Waals surface area contributed by atoms with E-state index >= 15 is 0 Å². The average molecular weight is 326 g/mol. The first-order chi connectivity index (χ1) is 11.6. The van der Waals surface area contributed by atoms with E-state index in [4.69, 9.17) is 4.42 Å². The number of imide groups is 1. The third-order valence-electron chi connectivity index (χ3n) is 3.92. The van der Waals surface area contributed by atoms with Gasteiger partial charge in [-0.15, -0.1) is 0 Å². The minimum atomic E-state index is -0.383. The Balaban J connectivity index is 2.01. The van der Waals surface area contributed by atoms with Gasteiger partial charge in [-0.2, -0.15) is 0 Å². The normalized spacial score (nSPS) is 14.7. The molecule has 0 saturated carbocycles. The van der Waals surface area contributed by atoms with Crippen LogP contribution in [0, 0.1) is 0 Å². The van der Waals surface area contributed by atoms with Crippen molar-refractivity contribution in [2.45, 2.75) is 6.54 Å². The molecule has 1 aliphatic heterocycles. The van der Waals surface area contributed by atoms with E-state index in [0.717, 1.165) is 0 Å². The Hall–Kier alpha value is -2.86. The Labute approximate surface area is 139 Å². The number of benzene rings is 1. The number of hydrogen-bond donors (Lipinski definition) is 1. The van der Waals surface area contributed by atoms with Crippen LogP contribution >= 0.6 is 0 Å². The molecule has 1 aromatic heterocycles. The van der Waals surface area contributed by atoms with Crippen molar-refractivity contribution in [2.75, 3.05) is 20.2 Å². The molecule has 2 amide bonds. The van der Waals surface area contributed by atoms with Crippen molar-refractivity contribution in [3.05, 3.63) is 65.7 Å². The molecule has 0 spiro atoms. The highest BCUT2D eigenvalue weighted by Gasteiger charge is 2.40. The predicted molar refractivity (Wildman–Crippen MR) is 87.3 cm³/mol. The maximum absolute atomic E-state index is 12.9. The first kappa shape index (κ1) is 16.0. The maximum Gasteiger partial charge on any atom is 0.278 e. The van der Waals surface area contributed by atoms with E-state index in [0.29, 0.717) is 22.6 Å². The number of carbonyl (C=O) groups is 2. The summed E-state index contributed by atoms with van der Waals surface area (Å²) in [6, 6.07) is 12.5. The van der Waals surface area contributed by atoms with Crippen LogP contribution in [0.1, 0.15) is 11.3 Å². The molecule has 0 radical (unpaired) electrons. The van der Waals surface area contributed by atoms with Crippen molar-refractivity contribution >= 4 is 17.4 Å². The molecule has 0 fully saturated rings. The second kappa shape index (κ2) is 6.72. The van der Waals surface area contributed by atoms with Gasteiger partial charge in [-0.3, -0.25) is 14.5 Å². The summed E-state index contributed by atoms with van der Waals surface area (Å²) < 4.78 is 5.26. The molecule has 1 aromatic carbocycles. The van der Waals surface area contributed by atoms with Gasteiger partial charge in [0.05, 0.1) is 25.0 Å². The lowest BCUT2D eigenvalue weighted by Crippen LogP contribution is -2.34. The molecule has 6 heteroatoms. The standard InChI is InChI=1S/C18H18N2O4/c1-19(9-10-21)16-15(13-6-3-2-4-7-13)17(22)20(18(16)23)12-14-8-5-11-24-14/h2-8,11,21H,9-10,12H2,1H3. The number of aliphatic hydroxyl groups excluding tert-OH is 1. The molecular weight excluding hydrogens is 308 g/mol. The summed E-state index contributed by atoms with van der Waals surface area (Å²) in [7, 11) is 1.69. The number of hydrogen-bond acceptors (Lipinski definition) is 5. The largest absolute Gasteiger partial charge is 0.467 e. The molecule has 24 heavy (non-hydrogen) atoms. The van der Waals surface area contributed by atoms with Crippen molar-refractivity contribution in [1.82, 2.24) is 9.80 Å². The fraction of sp³-hybridized carbons (Fsp3) is 0.222. The zero-order valence-electron chi connectivity index (χ0n) is 13.3. The van der Waals surface area contributed by atoms with E-state index in [9.17, 15) is 14.7 Å². The fourth-order valence-corrected chi connectivity index (χ4v) is 2.75. The lowest BCUT2D eigenvalue weighted by molar-refractivity contribution is -0.138. The van der Waals surface area contributed by atoms with Gasteiger partial charge in [0, 0.05) is 13.6 Å². The van der Waals surface area contributed by atoms with Crippen LogP contribution in [-0.4, -0.2) is 46.9 Å². The monoisotopic (exact) mass is 326 g/mol. The number of rotatable bonds is 6. The Morgan fingerprint density at radius 3 is 2.46 bits per heavy atom. The molecule has 0 aliphatic carbocycles. The van der Waals surface area contributed by atoms with Gasteiger partial charge in [-0.1, -0.05) is 30.3 Å². The summed E-state index contributed by atoms with van der Waals surface area (Å²) >= 11 is 0. The van der Waals surface area contributed by atoms with Crippen molar-refractivity contribution in [3.63, 3.8) is 0 Å². The molecule has 1 aliphatic rings. The van der Waals surface area contributed by atoms with E-state index in [1.807, 2.05) is 18.2 Å². The lowest BCUT2D eigenvalue weighted by Gasteiger charge is -2.20. The smallest absolute Gasteiger partial charge is 0.278 e. The Morgan fingerprint density at radius 2 is 1.83 bits per heavy atom. The van der Waals surface area contributed by atoms with Gasteiger partial charge in [-0.05, 0) is 17.7 Å². The molecule has 1 N–H and O–H groups in total. The van der Waals surface area contributed by atoms with Gasteiger partial charge in [0.2, 0.25) is 0 Å². The minimum Gasteiger partial charge on any atom is -0.467 e. The fourth-order valence-electron chi connectivity index (χ4n) is 2.75.